The number of carbonyl (C=O) groups excluding carboxylic acids is 2. The molecule has 0 spiro atoms. The second kappa shape index (κ2) is 9.58. The van der Waals surface area contributed by atoms with E-state index in [0.29, 0.717) is 15.9 Å². The predicted molar refractivity (Wildman–Crippen MR) is 115 cm³/mol. The van der Waals surface area contributed by atoms with Crippen molar-refractivity contribution in [1.29, 1.82) is 0 Å². The SMILES string of the molecule is CN(CC(=O)Nc1ccccc1Cl)C(=O)CSc1nnc(-c2ccccc2)n1C. The molecule has 3 rings (SSSR count). The third-order valence-electron chi connectivity index (χ3n) is 4.15. The summed E-state index contributed by atoms with van der Waals surface area (Å²) in [4.78, 5) is 25.9. The Hall–Kier alpha value is -2.84. The van der Waals surface area contributed by atoms with E-state index in [1.807, 2.05) is 41.9 Å². The fourth-order valence-corrected chi connectivity index (χ4v) is 3.61. The fraction of sp³-hybridized carbons (Fsp3) is 0.200. The van der Waals surface area contributed by atoms with Gasteiger partial charge < -0.3 is 14.8 Å². The maximum atomic E-state index is 12.4. The summed E-state index contributed by atoms with van der Waals surface area (Å²) >= 11 is 7.31. The monoisotopic (exact) mass is 429 g/mol. The van der Waals surface area contributed by atoms with Crippen molar-refractivity contribution in [3.63, 3.8) is 0 Å². The first-order chi connectivity index (χ1) is 14.0. The lowest BCUT2D eigenvalue weighted by atomic mass is 10.2. The van der Waals surface area contributed by atoms with Gasteiger partial charge in [-0.15, -0.1) is 10.2 Å². The number of carbonyl (C=O) groups is 2. The maximum absolute atomic E-state index is 12.4. The molecule has 2 amide bonds. The minimum Gasteiger partial charge on any atom is -0.336 e. The van der Waals surface area contributed by atoms with Crippen LogP contribution in [-0.2, 0) is 16.6 Å². The summed E-state index contributed by atoms with van der Waals surface area (Å²) in [5.74, 6) is 0.377. The molecule has 7 nitrogen and oxygen atoms in total. The zero-order valence-electron chi connectivity index (χ0n) is 16.0. The largest absolute Gasteiger partial charge is 0.336 e. The lowest BCUT2D eigenvalue weighted by molar-refractivity contribution is -0.131. The van der Waals surface area contributed by atoms with Gasteiger partial charge >= 0.3 is 0 Å². The molecular formula is C20H20ClN5O2S. The van der Waals surface area contributed by atoms with Crippen molar-refractivity contribution >= 4 is 40.9 Å². The van der Waals surface area contributed by atoms with Gasteiger partial charge in [0.05, 0.1) is 23.0 Å². The van der Waals surface area contributed by atoms with Gasteiger partial charge in [-0.1, -0.05) is 65.8 Å². The Kier molecular flexibility index (Phi) is 6.90. The summed E-state index contributed by atoms with van der Waals surface area (Å²) < 4.78 is 1.84. The van der Waals surface area contributed by atoms with Gasteiger partial charge in [0.1, 0.15) is 0 Å². The molecule has 0 bridgehead atoms. The number of likely N-dealkylation sites (N-methyl/N-ethyl adjacent to an activating group) is 1. The van der Waals surface area contributed by atoms with E-state index in [4.69, 9.17) is 11.6 Å². The molecule has 29 heavy (non-hydrogen) atoms. The van der Waals surface area contributed by atoms with Crippen molar-refractivity contribution in [2.75, 3.05) is 24.7 Å². The van der Waals surface area contributed by atoms with Crippen LogP contribution in [0.15, 0.2) is 59.8 Å². The van der Waals surface area contributed by atoms with Crippen molar-refractivity contribution in [2.45, 2.75) is 5.16 Å². The van der Waals surface area contributed by atoms with E-state index in [2.05, 4.69) is 15.5 Å². The first kappa shape index (κ1) is 20.9. The van der Waals surface area contributed by atoms with Crippen molar-refractivity contribution < 1.29 is 9.59 Å². The van der Waals surface area contributed by atoms with Crippen LogP contribution in [0.4, 0.5) is 5.69 Å². The Morgan fingerprint density at radius 1 is 1.10 bits per heavy atom. The van der Waals surface area contributed by atoms with E-state index >= 15 is 0 Å². The molecule has 1 aromatic heterocycles. The molecule has 0 fully saturated rings. The third-order valence-corrected chi connectivity index (χ3v) is 5.48. The number of nitrogens with zero attached hydrogens (tertiary/aromatic N) is 4. The smallest absolute Gasteiger partial charge is 0.244 e. The van der Waals surface area contributed by atoms with E-state index < -0.39 is 0 Å². The highest BCUT2D eigenvalue weighted by atomic mass is 35.5. The van der Waals surface area contributed by atoms with Crippen LogP contribution in [0.1, 0.15) is 0 Å². The third kappa shape index (κ3) is 5.36. The topological polar surface area (TPSA) is 80.1 Å². The molecule has 1 N–H and O–H groups in total. The molecule has 0 radical (unpaired) electrons. The number of hydrogen-bond acceptors (Lipinski definition) is 5. The van der Waals surface area contributed by atoms with Gasteiger partial charge in [-0.3, -0.25) is 9.59 Å². The molecule has 0 aliphatic heterocycles. The Morgan fingerprint density at radius 3 is 2.52 bits per heavy atom. The number of halogens is 1. The first-order valence-electron chi connectivity index (χ1n) is 8.81. The number of amides is 2. The van der Waals surface area contributed by atoms with Gasteiger partial charge in [0.15, 0.2) is 11.0 Å². The highest BCUT2D eigenvalue weighted by Gasteiger charge is 2.17. The zero-order valence-corrected chi connectivity index (χ0v) is 17.6. The van der Waals surface area contributed by atoms with Gasteiger partial charge in [0.2, 0.25) is 11.8 Å². The van der Waals surface area contributed by atoms with E-state index in [1.54, 1.807) is 31.3 Å². The van der Waals surface area contributed by atoms with E-state index in [9.17, 15) is 9.59 Å². The number of aromatic nitrogens is 3. The lowest BCUT2D eigenvalue weighted by Gasteiger charge is -2.16. The molecule has 0 saturated heterocycles. The Labute approximate surface area is 178 Å². The molecule has 3 aromatic rings. The van der Waals surface area contributed by atoms with Crippen LogP contribution in [0.3, 0.4) is 0 Å². The second-order valence-electron chi connectivity index (χ2n) is 6.30. The van der Waals surface area contributed by atoms with Crippen LogP contribution in [-0.4, -0.2) is 50.8 Å². The van der Waals surface area contributed by atoms with Crippen LogP contribution in [0.2, 0.25) is 5.02 Å². The molecule has 150 valence electrons. The number of rotatable bonds is 7. The number of para-hydroxylation sites is 1. The van der Waals surface area contributed by atoms with Gasteiger partial charge in [-0.05, 0) is 12.1 Å². The molecule has 0 aliphatic rings. The van der Waals surface area contributed by atoms with Crippen LogP contribution in [0.25, 0.3) is 11.4 Å². The summed E-state index contributed by atoms with van der Waals surface area (Å²) in [6.07, 6.45) is 0. The number of thioether (sulfide) groups is 1. The van der Waals surface area contributed by atoms with Crippen LogP contribution in [0.5, 0.6) is 0 Å². The molecule has 2 aromatic carbocycles. The van der Waals surface area contributed by atoms with Gasteiger partial charge in [-0.25, -0.2) is 0 Å². The Morgan fingerprint density at radius 2 is 1.79 bits per heavy atom. The predicted octanol–water partition coefficient (Wildman–Crippen LogP) is 3.32. The molecule has 0 unspecified atom stereocenters. The lowest BCUT2D eigenvalue weighted by Crippen LogP contribution is -2.36. The highest BCUT2D eigenvalue weighted by Crippen LogP contribution is 2.23. The molecular weight excluding hydrogens is 410 g/mol. The first-order valence-corrected chi connectivity index (χ1v) is 10.2. The number of hydrogen-bond donors (Lipinski definition) is 1. The van der Waals surface area contributed by atoms with Gasteiger partial charge in [0, 0.05) is 19.7 Å². The van der Waals surface area contributed by atoms with Crippen molar-refractivity contribution in [2.24, 2.45) is 7.05 Å². The van der Waals surface area contributed by atoms with Crippen molar-refractivity contribution in [3.05, 3.63) is 59.6 Å². The minimum atomic E-state index is -0.316. The average Bonchev–Trinajstić information content (AvgIpc) is 3.09. The summed E-state index contributed by atoms with van der Waals surface area (Å²) in [7, 11) is 3.44. The number of anilines is 1. The zero-order chi connectivity index (χ0) is 20.8. The second-order valence-corrected chi connectivity index (χ2v) is 7.65. The van der Waals surface area contributed by atoms with E-state index in [-0.39, 0.29) is 24.1 Å². The number of benzene rings is 2. The Balaban J connectivity index is 1.53. The minimum absolute atomic E-state index is 0.0707. The van der Waals surface area contributed by atoms with Crippen molar-refractivity contribution in [3.8, 4) is 11.4 Å². The summed E-state index contributed by atoms with van der Waals surface area (Å²) in [5.41, 5.74) is 1.47. The molecule has 9 heteroatoms. The summed E-state index contributed by atoms with van der Waals surface area (Å²) in [6.45, 7) is -0.0707. The summed E-state index contributed by atoms with van der Waals surface area (Å²) in [5, 5.41) is 12.1. The average molecular weight is 430 g/mol. The molecule has 0 saturated carbocycles. The van der Waals surface area contributed by atoms with E-state index in [1.165, 1.54) is 16.7 Å². The summed E-state index contributed by atoms with van der Waals surface area (Å²) in [6, 6.07) is 16.7. The van der Waals surface area contributed by atoms with Gasteiger partial charge in [0.25, 0.3) is 0 Å². The number of nitrogens with one attached hydrogen (secondary N) is 1. The quantitative estimate of drug-likeness (QED) is 0.583. The van der Waals surface area contributed by atoms with Crippen LogP contribution >= 0.6 is 23.4 Å². The maximum Gasteiger partial charge on any atom is 0.244 e. The highest BCUT2D eigenvalue weighted by molar-refractivity contribution is 7.99. The molecule has 1 heterocycles. The Bertz CT molecular complexity index is 1010. The van der Waals surface area contributed by atoms with Crippen molar-refractivity contribution in [1.82, 2.24) is 19.7 Å². The van der Waals surface area contributed by atoms with Crippen LogP contribution in [0, 0.1) is 0 Å². The molecule has 0 aliphatic carbocycles. The normalized spacial score (nSPS) is 10.6. The molecule has 0 atom stereocenters. The fourth-order valence-electron chi connectivity index (χ4n) is 2.57. The van der Waals surface area contributed by atoms with Crippen LogP contribution < -0.4 is 5.32 Å². The standard InChI is InChI=1S/C20H20ClN5O2S/c1-25(12-17(27)22-16-11-7-6-10-15(16)21)18(28)13-29-20-24-23-19(26(20)2)14-8-4-3-5-9-14/h3-11H,12-13H2,1-2H3,(H,22,27). The van der Waals surface area contributed by atoms with E-state index in [0.717, 1.165) is 11.4 Å². The van der Waals surface area contributed by atoms with Gasteiger partial charge in [-0.2, -0.15) is 0 Å².